The summed E-state index contributed by atoms with van der Waals surface area (Å²) in [5.74, 6) is 0.749. The highest BCUT2D eigenvalue weighted by atomic mass is 16.5. The molecule has 0 heterocycles. The van der Waals surface area contributed by atoms with E-state index in [1.54, 1.807) is 0 Å². The third-order valence-corrected chi connectivity index (χ3v) is 4.21. The smallest absolute Gasteiger partial charge is 0.0603 e. The van der Waals surface area contributed by atoms with Crippen LogP contribution in [0.15, 0.2) is 0 Å². The van der Waals surface area contributed by atoms with Crippen molar-refractivity contribution in [3.05, 3.63) is 0 Å². The average Bonchev–Trinajstić information content (AvgIpc) is 2.47. The van der Waals surface area contributed by atoms with Crippen LogP contribution in [-0.4, -0.2) is 24.4 Å². The van der Waals surface area contributed by atoms with E-state index in [0.717, 1.165) is 31.8 Å². The average molecular weight is 286 g/mol. The van der Waals surface area contributed by atoms with E-state index >= 15 is 0 Å². The maximum Gasteiger partial charge on any atom is 0.0603 e. The quantitative estimate of drug-likeness (QED) is 0.412. The lowest BCUT2D eigenvalue weighted by Gasteiger charge is -2.26. The van der Waals surface area contributed by atoms with Crippen molar-refractivity contribution in [3.8, 4) is 0 Å². The Hall–Kier alpha value is -0.0800. The van der Waals surface area contributed by atoms with E-state index in [9.17, 15) is 0 Å². The first-order valence-electron chi connectivity index (χ1n) is 9.02. The lowest BCUT2D eigenvalue weighted by molar-refractivity contribution is -0.00117. The van der Waals surface area contributed by atoms with Gasteiger partial charge in [0.25, 0.3) is 0 Å². The summed E-state index contributed by atoms with van der Waals surface area (Å²) in [4.78, 5) is 0. The molecule has 0 aliphatic carbocycles. The molecule has 2 nitrogen and oxygen atoms in total. The van der Waals surface area contributed by atoms with Gasteiger partial charge in [0.2, 0.25) is 0 Å². The predicted octanol–water partition coefficient (Wildman–Crippen LogP) is 5.33. The molecule has 0 aromatic rings. The zero-order valence-corrected chi connectivity index (χ0v) is 14.2. The zero-order chi connectivity index (χ0) is 15.1. The standard InChI is InChI=1S/C18H38O2/c1-4-7-13-17(6-3)18(14-8-5-2)20-16-12-10-9-11-15-19/h17-19H,4-16H2,1-3H3. The Balaban J connectivity index is 3.97. The summed E-state index contributed by atoms with van der Waals surface area (Å²) in [6.07, 6.45) is 13.9. The summed E-state index contributed by atoms with van der Waals surface area (Å²) < 4.78 is 6.21. The molecule has 0 saturated heterocycles. The summed E-state index contributed by atoms with van der Waals surface area (Å²) in [6.45, 7) is 8.08. The molecule has 0 spiro atoms. The second-order valence-corrected chi connectivity index (χ2v) is 6.00. The number of rotatable bonds is 15. The van der Waals surface area contributed by atoms with Gasteiger partial charge in [0.1, 0.15) is 0 Å². The molecular weight excluding hydrogens is 248 g/mol. The molecule has 0 radical (unpaired) electrons. The number of aliphatic hydroxyl groups excluding tert-OH is 1. The fourth-order valence-electron chi connectivity index (χ4n) is 2.78. The third kappa shape index (κ3) is 10.7. The van der Waals surface area contributed by atoms with Gasteiger partial charge >= 0.3 is 0 Å². The van der Waals surface area contributed by atoms with E-state index in [1.807, 2.05) is 0 Å². The number of hydrogen-bond acceptors (Lipinski definition) is 2. The first-order valence-corrected chi connectivity index (χ1v) is 9.02. The molecule has 0 rings (SSSR count). The Morgan fingerprint density at radius 3 is 2.05 bits per heavy atom. The van der Waals surface area contributed by atoms with Crippen LogP contribution in [0.4, 0.5) is 0 Å². The molecule has 0 aliphatic heterocycles. The molecule has 2 atom stereocenters. The molecule has 0 saturated carbocycles. The van der Waals surface area contributed by atoms with Gasteiger partial charge in [-0.15, -0.1) is 0 Å². The van der Waals surface area contributed by atoms with Crippen molar-refractivity contribution < 1.29 is 9.84 Å². The van der Waals surface area contributed by atoms with Crippen molar-refractivity contribution >= 4 is 0 Å². The van der Waals surface area contributed by atoms with E-state index in [0.29, 0.717) is 12.7 Å². The molecule has 0 aromatic heterocycles. The van der Waals surface area contributed by atoms with Crippen molar-refractivity contribution in [2.24, 2.45) is 5.92 Å². The lowest BCUT2D eigenvalue weighted by atomic mass is 9.90. The fourth-order valence-corrected chi connectivity index (χ4v) is 2.78. The van der Waals surface area contributed by atoms with Gasteiger partial charge in [0.05, 0.1) is 6.10 Å². The minimum absolute atomic E-state index is 0.328. The molecule has 2 unspecified atom stereocenters. The number of ether oxygens (including phenoxy) is 1. The van der Waals surface area contributed by atoms with Gasteiger partial charge in [-0.1, -0.05) is 65.7 Å². The van der Waals surface area contributed by atoms with E-state index < -0.39 is 0 Å². The van der Waals surface area contributed by atoms with Crippen LogP contribution in [0.25, 0.3) is 0 Å². The summed E-state index contributed by atoms with van der Waals surface area (Å²) in [5.41, 5.74) is 0. The Morgan fingerprint density at radius 1 is 0.800 bits per heavy atom. The van der Waals surface area contributed by atoms with Gasteiger partial charge in [0, 0.05) is 13.2 Å². The van der Waals surface area contributed by atoms with Gasteiger partial charge in [-0.3, -0.25) is 0 Å². The maximum absolute atomic E-state index is 8.76. The van der Waals surface area contributed by atoms with Crippen LogP contribution in [-0.2, 0) is 4.74 Å². The van der Waals surface area contributed by atoms with Gasteiger partial charge in [-0.05, 0) is 31.6 Å². The Labute approximate surface area is 127 Å². The largest absolute Gasteiger partial charge is 0.396 e. The highest BCUT2D eigenvalue weighted by Gasteiger charge is 2.19. The van der Waals surface area contributed by atoms with Crippen LogP contribution < -0.4 is 0 Å². The molecule has 20 heavy (non-hydrogen) atoms. The van der Waals surface area contributed by atoms with E-state index in [2.05, 4.69) is 20.8 Å². The number of hydrogen-bond donors (Lipinski definition) is 1. The van der Waals surface area contributed by atoms with E-state index in [4.69, 9.17) is 9.84 Å². The van der Waals surface area contributed by atoms with Crippen molar-refractivity contribution in [2.75, 3.05) is 13.2 Å². The first-order chi connectivity index (χ1) is 9.79. The Bertz CT molecular complexity index is 182. The third-order valence-electron chi connectivity index (χ3n) is 4.21. The topological polar surface area (TPSA) is 29.5 Å². The highest BCUT2D eigenvalue weighted by Crippen LogP contribution is 2.24. The molecule has 122 valence electrons. The van der Waals surface area contributed by atoms with Gasteiger partial charge in [-0.25, -0.2) is 0 Å². The van der Waals surface area contributed by atoms with Crippen LogP contribution in [0, 0.1) is 5.92 Å². The summed E-state index contributed by atoms with van der Waals surface area (Å²) in [7, 11) is 0. The first kappa shape index (κ1) is 19.9. The Kier molecular flexibility index (Phi) is 15.3. The van der Waals surface area contributed by atoms with Gasteiger partial charge in [0.15, 0.2) is 0 Å². The van der Waals surface area contributed by atoms with Crippen LogP contribution in [0.2, 0.25) is 0 Å². The summed E-state index contributed by atoms with van der Waals surface area (Å²) in [5, 5.41) is 8.76. The van der Waals surface area contributed by atoms with Crippen LogP contribution >= 0.6 is 0 Å². The van der Waals surface area contributed by atoms with Crippen molar-refractivity contribution in [2.45, 2.75) is 97.5 Å². The van der Waals surface area contributed by atoms with Gasteiger partial charge in [-0.2, -0.15) is 0 Å². The van der Waals surface area contributed by atoms with E-state index in [1.165, 1.54) is 51.4 Å². The van der Waals surface area contributed by atoms with Crippen molar-refractivity contribution in [3.63, 3.8) is 0 Å². The second kappa shape index (κ2) is 15.3. The molecule has 0 fully saturated rings. The zero-order valence-electron chi connectivity index (χ0n) is 14.2. The molecule has 2 heteroatoms. The highest BCUT2D eigenvalue weighted by molar-refractivity contribution is 4.70. The van der Waals surface area contributed by atoms with Crippen LogP contribution in [0.5, 0.6) is 0 Å². The molecule has 0 amide bonds. The fraction of sp³-hybridized carbons (Fsp3) is 1.00. The number of unbranched alkanes of at least 4 members (excludes halogenated alkanes) is 5. The lowest BCUT2D eigenvalue weighted by Crippen LogP contribution is -2.24. The Morgan fingerprint density at radius 2 is 1.45 bits per heavy atom. The maximum atomic E-state index is 8.76. The molecular formula is C18H38O2. The SMILES string of the molecule is CCCCC(CC)C(CCCC)OCCCCCCO. The molecule has 0 bridgehead atoms. The molecule has 1 N–H and O–H groups in total. The predicted molar refractivity (Wildman–Crippen MR) is 88.1 cm³/mol. The number of aliphatic hydroxyl groups is 1. The van der Waals surface area contributed by atoms with Crippen LogP contribution in [0.1, 0.15) is 91.4 Å². The molecule has 0 aromatic carbocycles. The van der Waals surface area contributed by atoms with E-state index in [-0.39, 0.29) is 0 Å². The van der Waals surface area contributed by atoms with Crippen molar-refractivity contribution in [1.29, 1.82) is 0 Å². The minimum atomic E-state index is 0.328. The van der Waals surface area contributed by atoms with Gasteiger partial charge < -0.3 is 9.84 Å². The molecule has 0 aliphatic rings. The normalized spacial score (nSPS) is 14.4. The van der Waals surface area contributed by atoms with Crippen molar-refractivity contribution in [1.82, 2.24) is 0 Å². The van der Waals surface area contributed by atoms with Crippen LogP contribution in [0.3, 0.4) is 0 Å². The summed E-state index contributed by atoms with van der Waals surface area (Å²) in [6, 6.07) is 0. The summed E-state index contributed by atoms with van der Waals surface area (Å²) >= 11 is 0. The monoisotopic (exact) mass is 286 g/mol. The minimum Gasteiger partial charge on any atom is -0.396 e. The second-order valence-electron chi connectivity index (χ2n) is 6.00.